The van der Waals surface area contributed by atoms with Gasteiger partial charge in [-0.25, -0.2) is 4.79 Å². The summed E-state index contributed by atoms with van der Waals surface area (Å²) in [4.78, 5) is 11.3. The van der Waals surface area contributed by atoms with Crippen molar-refractivity contribution >= 4 is 5.97 Å². The van der Waals surface area contributed by atoms with E-state index in [1.54, 1.807) is 6.08 Å². The smallest absolute Gasteiger partial charge is 0.330 e. The molecule has 1 aliphatic rings. The van der Waals surface area contributed by atoms with Crippen molar-refractivity contribution in [2.24, 2.45) is 17.3 Å². The summed E-state index contributed by atoms with van der Waals surface area (Å²) < 4.78 is 4.91. The maximum atomic E-state index is 11.3. The predicted octanol–water partition coefficient (Wildman–Crippen LogP) is 3.57. The first-order chi connectivity index (χ1) is 7.47. The van der Waals surface area contributed by atoms with Gasteiger partial charge >= 0.3 is 5.97 Å². The minimum Gasteiger partial charge on any atom is -0.463 e. The Kier molecular flexibility index (Phi) is 4.57. The van der Waals surface area contributed by atoms with E-state index in [1.807, 2.05) is 6.92 Å². The van der Waals surface area contributed by atoms with E-state index in [-0.39, 0.29) is 5.97 Å². The van der Waals surface area contributed by atoms with Crippen LogP contribution in [0.5, 0.6) is 0 Å². The van der Waals surface area contributed by atoms with Crippen LogP contribution in [0.15, 0.2) is 12.2 Å². The average Bonchev–Trinajstić information content (AvgIpc) is 2.16. The molecule has 92 valence electrons. The van der Waals surface area contributed by atoms with Gasteiger partial charge in [-0.1, -0.05) is 39.7 Å². The lowest BCUT2D eigenvalue weighted by Gasteiger charge is -2.41. The van der Waals surface area contributed by atoms with E-state index in [0.29, 0.717) is 23.9 Å². The molecule has 0 N–H and O–H groups in total. The quantitative estimate of drug-likeness (QED) is 0.541. The Morgan fingerprint density at radius 2 is 2.19 bits per heavy atom. The van der Waals surface area contributed by atoms with Crippen LogP contribution in [0.2, 0.25) is 0 Å². The first-order valence-corrected chi connectivity index (χ1v) is 6.32. The summed E-state index contributed by atoms with van der Waals surface area (Å²) in [5.41, 5.74) is 0.306. The molecule has 2 heteroatoms. The molecule has 1 saturated carbocycles. The summed E-state index contributed by atoms with van der Waals surface area (Å²) in [6, 6.07) is 0. The molecule has 2 atom stereocenters. The predicted molar refractivity (Wildman–Crippen MR) is 66.1 cm³/mol. The molecule has 16 heavy (non-hydrogen) atoms. The SMILES string of the molecule is CCOC(=O)/C=C/[C@@H]1[C@@H](C)CCCC1(C)C. The molecule has 0 aromatic carbocycles. The molecule has 1 aliphatic carbocycles. The summed E-state index contributed by atoms with van der Waals surface area (Å²) in [6.07, 6.45) is 7.48. The highest BCUT2D eigenvalue weighted by atomic mass is 16.5. The third kappa shape index (κ3) is 3.36. The third-order valence-corrected chi connectivity index (χ3v) is 3.72. The number of allylic oxidation sites excluding steroid dienone is 1. The van der Waals surface area contributed by atoms with Crippen molar-refractivity contribution in [2.75, 3.05) is 6.61 Å². The number of carbonyl (C=O) groups is 1. The molecule has 2 nitrogen and oxygen atoms in total. The summed E-state index contributed by atoms with van der Waals surface area (Å²) in [6.45, 7) is 9.15. The minimum atomic E-state index is -0.212. The molecule has 0 unspecified atom stereocenters. The molecule has 0 aromatic rings. The fourth-order valence-corrected chi connectivity index (χ4v) is 2.82. The molecule has 0 aliphatic heterocycles. The van der Waals surface area contributed by atoms with Gasteiger partial charge in [-0.15, -0.1) is 0 Å². The van der Waals surface area contributed by atoms with Crippen molar-refractivity contribution in [3.63, 3.8) is 0 Å². The highest BCUT2D eigenvalue weighted by Gasteiger charge is 2.34. The first-order valence-electron chi connectivity index (χ1n) is 6.32. The van der Waals surface area contributed by atoms with Crippen molar-refractivity contribution in [2.45, 2.75) is 47.0 Å². The van der Waals surface area contributed by atoms with Crippen LogP contribution in [0.3, 0.4) is 0 Å². The Labute approximate surface area is 99.1 Å². The first kappa shape index (κ1) is 13.3. The van der Waals surface area contributed by atoms with Gasteiger partial charge in [-0.2, -0.15) is 0 Å². The Morgan fingerprint density at radius 3 is 2.75 bits per heavy atom. The van der Waals surface area contributed by atoms with Crippen LogP contribution in [0.25, 0.3) is 0 Å². The van der Waals surface area contributed by atoms with E-state index in [1.165, 1.54) is 19.3 Å². The van der Waals surface area contributed by atoms with Gasteiger partial charge < -0.3 is 4.74 Å². The van der Waals surface area contributed by atoms with Crippen LogP contribution >= 0.6 is 0 Å². The van der Waals surface area contributed by atoms with E-state index < -0.39 is 0 Å². The Bertz CT molecular complexity index is 266. The molecular formula is C14H24O2. The Balaban J connectivity index is 2.65. The van der Waals surface area contributed by atoms with Gasteiger partial charge in [-0.3, -0.25) is 0 Å². The molecular weight excluding hydrogens is 200 g/mol. The second-order valence-corrected chi connectivity index (χ2v) is 5.50. The van der Waals surface area contributed by atoms with Gasteiger partial charge in [0.2, 0.25) is 0 Å². The third-order valence-electron chi connectivity index (χ3n) is 3.72. The number of ether oxygens (including phenoxy) is 1. The molecule has 0 heterocycles. The van der Waals surface area contributed by atoms with Crippen molar-refractivity contribution in [1.29, 1.82) is 0 Å². The van der Waals surface area contributed by atoms with Crippen molar-refractivity contribution < 1.29 is 9.53 Å². The second-order valence-electron chi connectivity index (χ2n) is 5.50. The number of hydrogen-bond acceptors (Lipinski definition) is 2. The summed E-state index contributed by atoms with van der Waals surface area (Å²) in [7, 11) is 0. The number of hydrogen-bond donors (Lipinski definition) is 0. The molecule has 1 rings (SSSR count). The van der Waals surface area contributed by atoms with Gasteiger partial charge in [0.1, 0.15) is 0 Å². The molecule has 0 saturated heterocycles. The molecule has 0 aromatic heterocycles. The summed E-state index contributed by atoms with van der Waals surface area (Å²) in [5.74, 6) is 0.941. The lowest BCUT2D eigenvalue weighted by Crippen LogP contribution is -2.32. The standard InChI is InChI=1S/C14H24O2/c1-5-16-13(15)9-8-12-11(2)7-6-10-14(12,3)4/h8-9,11-12H,5-7,10H2,1-4H3/b9-8+/t11-,12+/m0/s1. The van der Waals surface area contributed by atoms with Crippen LogP contribution < -0.4 is 0 Å². The normalized spacial score (nSPS) is 29.2. The van der Waals surface area contributed by atoms with Crippen LogP contribution in [-0.2, 0) is 9.53 Å². The number of rotatable bonds is 3. The highest BCUT2D eigenvalue weighted by Crippen LogP contribution is 2.44. The van der Waals surface area contributed by atoms with Crippen LogP contribution in [-0.4, -0.2) is 12.6 Å². The van der Waals surface area contributed by atoms with E-state index in [9.17, 15) is 4.79 Å². The lowest BCUT2D eigenvalue weighted by atomic mass is 9.64. The van der Waals surface area contributed by atoms with E-state index in [2.05, 4.69) is 26.8 Å². The van der Waals surface area contributed by atoms with Crippen molar-refractivity contribution in [3.8, 4) is 0 Å². The van der Waals surface area contributed by atoms with Crippen LogP contribution in [0.1, 0.15) is 47.0 Å². The van der Waals surface area contributed by atoms with E-state index in [0.717, 1.165) is 0 Å². The molecule has 0 radical (unpaired) electrons. The Morgan fingerprint density at radius 1 is 1.50 bits per heavy atom. The zero-order chi connectivity index (χ0) is 12.2. The molecule has 0 amide bonds. The number of carbonyl (C=O) groups excluding carboxylic acids is 1. The van der Waals surface area contributed by atoms with Crippen molar-refractivity contribution in [1.82, 2.24) is 0 Å². The van der Waals surface area contributed by atoms with E-state index in [4.69, 9.17) is 4.74 Å². The number of esters is 1. The average molecular weight is 224 g/mol. The summed E-state index contributed by atoms with van der Waals surface area (Å²) >= 11 is 0. The van der Waals surface area contributed by atoms with Crippen LogP contribution in [0, 0.1) is 17.3 Å². The topological polar surface area (TPSA) is 26.3 Å². The molecule has 0 bridgehead atoms. The fraction of sp³-hybridized carbons (Fsp3) is 0.786. The van der Waals surface area contributed by atoms with Gasteiger partial charge in [-0.05, 0) is 30.6 Å². The minimum absolute atomic E-state index is 0.212. The van der Waals surface area contributed by atoms with Gasteiger partial charge in [0.25, 0.3) is 0 Å². The molecule has 0 spiro atoms. The van der Waals surface area contributed by atoms with Crippen molar-refractivity contribution in [3.05, 3.63) is 12.2 Å². The summed E-state index contributed by atoms with van der Waals surface area (Å²) in [5, 5.41) is 0. The monoisotopic (exact) mass is 224 g/mol. The second kappa shape index (κ2) is 5.51. The maximum Gasteiger partial charge on any atom is 0.330 e. The zero-order valence-corrected chi connectivity index (χ0v) is 11.0. The molecule has 1 fully saturated rings. The van der Waals surface area contributed by atoms with Gasteiger partial charge in [0, 0.05) is 6.08 Å². The van der Waals surface area contributed by atoms with Gasteiger partial charge in [0.05, 0.1) is 6.61 Å². The van der Waals surface area contributed by atoms with Crippen LogP contribution in [0.4, 0.5) is 0 Å². The van der Waals surface area contributed by atoms with Gasteiger partial charge in [0.15, 0.2) is 0 Å². The largest absolute Gasteiger partial charge is 0.463 e. The Hall–Kier alpha value is -0.790. The lowest BCUT2D eigenvalue weighted by molar-refractivity contribution is -0.137. The zero-order valence-electron chi connectivity index (χ0n) is 11.0. The highest BCUT2D eigenvalue weighted by molar-refractivity contribution is 5.81. The fourth-order valence-electron chi connectivity index (χ4n) is 2.82. The maximum absolute atomic E-state index is 11.3. The van der Waals surface area contributed by atoms with E-state index >= 15 is 0 Å².